The summed E-state index contributed by atoms with van der Waals surface area (Å²) in [6, 6.07) is 9.61. The highest BCUT2D eigenvalue weighted by atomic mass is 16.5. The van der Waals surface area contributed by atoms with Gasteiger partial charge in [0.25, 0.3) is 0 Å². The molecule has 1 heterocycles. The van der Waals surface area contributed by atoms with Gasteiger partial charge in [-0.2, -0.15) is 0 Å². The van der Waals surface area contributed by atoms with E-state index in [1.807, 2.05) is 35.2 Å². The molecule has 5 nitrogen and oxygen atoms in total. The summed E-state index contributed by atoms with van der Waals surface area (Å²) in [5, 5.41) is 0. The van der Waals surface area contributed by atoms with Crippen molar-refractivity contribution in [1.29, 1.82) is 0 Å². The third kappa shape index (κ3) is 5.36. The van der Waals surface area contributed by atoms with Crippen LogP contribution in [-0.4, -0.2) is 61.6 Å². The van der Waals surface area contributed by atoms with E-state index >= 15 is 0 Å². The highest BCUT2D eigenvalue weighted by molar-refractivity contribution is 5.76. The van der Waals surface area contributed by atoms with Crippen molar-refractivity contribution >= 4 is 5.91 Å². The van der Waals surface area contributed by atoms with Crippen LogP contribution in [0.5, 0.6) is 5.75 Å². The maximum atomic E-state index is 12.2. The largest absolute Gasteiger partial charge is 0.493 e. The smallest absolute Gasteiger partial charge is 0.226 e. The summed E-state index contributed by atoms with van der Waals surface area (Å²) >= 11 is 0. The average molecular weight is 291 g/mol. The molecule has 0 aliphatic carbocycles. The molecule has 0 radical (unpaired) electrons. The summed E-state index contributed by atoms with van der Waals surface area (Å²) in [5.41, 5.74) is 5.59. The first kappa shape index (κ1) is 15.8. The first-order chi connectivity index (χ1) is 10.3. The molecular formula is C16H25N3O2. The predicted octanol–water partition coefficient (Wildman–Crippen LogP) is 0.949. The second-order valence-corrected chi connectivity index (χ2v) is 5.28. The summed E-state index contributed by atoms with van der Waals surface area (Å²) < 4.78 is 5.58. The van der Waals surface area contributed by atoms with E-state index in [0.717, 1.165) is 44.9 Å². The molecule has 21 heavy (non-hydrogen) atoms. The molecule has 1 aromatic rings. The Balaban J connectivity index is 1.70. The summed E-state index contributed by atoms with van der Waals surface area (Å²) in [6.07, 6.45) is 1.46. The van der Waals surface area contributed by atoms with Crippen LogP contribution >= 0.6 is 0 Å². The molecule has 0 bridgehead atoms. The van der Waals surface area contributed by atoms with Gasteiger partial charge in [-0.15, -0.1) is 0 Å². The summed E-state index contributed by atoms with van der Waals surface area (Å²) in [5.74, 6) is 0.996. The fourth-order valence-electron chi connectivity index (χ4n) is 2.56. The lowest BCUT2D eigenvalue weighted by atomic mass is 10.3. The molecule has 1 fully saturated rings. The summed E-state index contributed by atoms with van der Waals surface area (Å²) in [4.78, 5) is 16.5. The minimum absolute atomic E-state index is 0.181. The van der Waals surface area contributed by atoms with Crippen LogP contribution in [0.15, 0.2) is 30.3 Å². The Morgan fingerprint density at radius 1 is 1.14 bits per heavy atom. The zero-order valence-corrected chi connectivity index (χ0v) is 12.5. The Labute approximate surface area is 126 Å². The van der Waals surface area contributed by atoms with Crippen LogP contribution in [0.25, 0.3) is 0 Å². The van der Waals surface area contributed by atoms with Crippen molar-refractivity contribution in [3.05, 3.63) is 30.3 Å². The van der Waals surface area contributed by atoms with E-state index < -0.39 is 0 Å². The van der Waals surface area contributed by atoms with Crippen molar-refractivity contribution in [2.75, 3.05) is 45.9 Å². The highest BCUT2D eigenvalue weighted by Crippen LogP contribution is 2.09. The number of hydrogen-bond acceptors (Lipinski definition) is 4. The zero-order valence-electron chi connectivity index (χ0n) is 12.5. The Hall–Kier alpha value is -1.59. The lowest BCUT2D eigenvalue weighted by molar-refractivity contribution is -0.131. The molecule has 5 heteroatoms. The standard InChI is InChI=1S/C16H25N3O2/c17-8-11-18-9-4-10-19(13-12-18)16(20)7-14-21-15-5-2-1-3-6-15/h1-3,5-6H,4,7-14,17H2. The molecule has 2 rings (SSSR count). The van der Waals surface area contributed by atoms with Crippen LogP contribution in [0.2, 0.25) is 0 Å². The first-order valence-electron chi connectivity index (χ1n) is 7.67. The topological polar surface area (TPSA) is 58.8 Å². The van der Waals surface area contributed by atoms with Gasteiger partial charge in [-0.05, 0) is 25.1 Å². The van der Waals surface area contributed by atoms with Gasteiger partial charge in [0, 0.05) is 32.7 Å². The summed E-state index contributed by atoms with van der Waals surface area (Å²) in [6.45, 7) is 5.61. The molecular weight excluding hydrogens is 266 g/mol. The Kier molecular flexibility index (Phi) is 6.50. The SMILES string of the molecule is NCCN1CCCN(C(=O)CCOc2ccccc2)CC1. The maximum absolute atomic E-state index is 12.2. The van der Waals surface area contributed by atoms with Crippen LogP contribution < -0.4 is 10.5 Å². The van der Waals surface area contributed by atoms with Crippen LogP contribution in [-0.2, 0) is 4.79 Å². The molecule has 0 spiro atoms. The van der Waals surface area contributed by atoms with Crippen molar-refractivity contribution < 1.29 is 9.53 Å². The third-order valence-electron chi connectivity index (χ3n) is 3.71. The van der Waals surface area contributed by atoms with Gasteiger partial charge in [0.1, 0.15) is 5.75 Å². The van der Waals surface area contributed by atoms with Crippen molar-refractivity contribution in [1.82, 2.24) is 9.80 Å². The minimum Gasteiger partial charge on any atom is -0.493 e. The number of carbonyl (C=O) groups excluding carboxylic acids is 1. The molecule has 1 aliphatic heterocycles. The van der Waals surface area contributed by atoms with Gasteiger partial charge in [-0.25, -0.2) is 0 Å². The monoisotopic (exact) mass is 291 g/mol. The van der Waals surface area contributed by atoms with Crippen molar-refractivity contribution in [2.45, 2.75) is 12.8 Å². The van der Waals surface area contributed by atoms with Crippen LogP contribution in [0.3, 0.4) is 0 Å². The van der Waals surface area contributed by atoms with Crippen LogP contribution in [0.1, 0.15) is 12.8 Å². The zero-order chi connectivity index (χ0) is 14.9. The number of nitrogens with two attached hydrogens (primary N) is 1. The molecule has 1 saturated heterocycles. The quantitative estimate of drug-likeness (QED) is 0.848. The van der Waals surface area contributed by atoms with E-state index in [1.165, 1.54) is 0 Å². The molecule has 116 valence electrons. The van der Waals surface area contributed by atoms with E-state index in [9.17, 15) is 4.79 Å². The second kappa shape index (κ2) is 8.64. The first-order valence-corrected chi connectivity index (χ1v) is 7.67. The number of amides is 1. The second-order valence-electron chi connectivity index (χ2n) is 5.28. The highest BCUT2D eigenvalue weighted by Gasteiger charge is 2.18. The number of nitrogens with zero attached hydrogens (tertiary/aromatic N) is 2. The van der Waals surface area contributed by atoms with E-state index in [2.05, 4.69) is 4.90 Å². The van der Waals surface area contributed by atoms with Gasteiger partial charge in [-0.3, -0.25) is 4.79 Å². The Bertz CT molecular complexity index is 425. The molecule has 1 aromatic carbocycles. The molecule has 0 unspecified atom stereocenters. The number of rotatable bonds is 6. The van der Waals surface area contributed by atoms with E-state index in [-0.39, 0.29) is 5.91 Å². The lowest BCUT2D eigenvalue weighted by Gasteiger charge is -2.21. The van der Waals surface area contributed by atoms with Crippen LogP contribution in [0.4, 0.5) is 0 Å². The number of carbonyl (C=O) groups is 1. The van der Waals surface area contributed by atoms with Crippen LogP contribution in [0, 0.1) is 0 Å². The minimum atomic E-state index is 0.181. The maximum Gasteiger partial charge on any atom is 0.226 e. The molecule has 0 aromatic heterocycles. The van der Waals surface area contributed by atoms with E-state index in [0.29, 0.717) is 19.6 Å². The number of para-hydroxylation sites is 1. The number of ether oxygens (including phenoxy) is 1. The third-order valence-corrected chi connectivity index (χ3v) is 3.71. The van der Waals surface area contributed by atoms with Gasteiger partial charge in [0.15, 0.2) is 0 Å². The van der Waals surface area contributed by atoms with Gasteiger partial charge < -0.3 is 20.3 Å². The van der Waals surface area contributed by atoms with Crippen molar-refractivity contribution in [2.24, 2.45) is 5.73 Å². The molecule has 0 saturated carbocycles. The normalized spacial score (nSPS) is 16.5. The molecule has 2 N–H and O–H groups in total. The Morgan fingerprint density at radius 2 is 1.95 bits per heavy atom. The molecule has 1 amide bonds. The predicted molar refractivity (Wildman–Crippen MR) is 83.2 cm³/mol. The van der Waals surface area contributed by atoms with E-state index in [1.54, 1.807) is 0 Å². The van der Waals surface area contributed by atoms with E-state index in [4.69, 9.17) is 10.5 Å². The number of hydrogen-bond donors (Lipinski definition) is 1. The van der Waals surface area contributed by atoms with Gasteiger partial charge in [0.05, 0.1) is 13.0 Å². The Morgan fingerprint density at radius 3 is 2.71 bits per heavy atom. The van der Waals surface area contributed by atoms with Gasteiger partial charge in [-0.1, -0.05) is 18.2 Å². The van der Waals surface area contributed by atoms with Crippen molar-refractivity contribution in [3.63, 3.8) is 0 Å². The molecule has 0 atom stereocenters. The fourth-order valence-corrected chi connectivity index (χ4v) is 2.56. The summed E-state index contributed by atoms with van der Waals surface area (Å²) in [7, 11) is 0. The van der Waals surface area contributed by atoms with Gasteiger partial charge >= 0.3 is 0 Å². The number of benzene rings is 1. The van der Waals surface area contributed by atoms with Crippen molar-refractivity contribution in [3.8, 4) is 5.75 Å². The average Bonchev–Trinajstić information content (AvgIpc) is 2.74. The lowest BCUT2D eigenvalue weighted by Crippen LogP contribution is -2.37. The fraction of sp³-hybridized carbons (Fsp3) is 0.562. The van der Waals surface area contributed by atoms with Gasteiger partial charge in [0.2, 0.25) is 5.91 Å². The molecule has 1 aliphatic rings.